The highest BCUT2D eigenvalue weighted by Crippen LogP contribution is 2.30. The van der Waals surface area contributed by atoms with E-state index < -0.39 is 0 Å². The van der Waals surface area contributed by atoms with E-state index in [1.165, 1.54) is 38.5 Å². The lowest BCUT2D eigenvalue weighted by molar-refractivity contribution is -0.0614. The molecule has 3 unspecified atom stereocenters. The lowest BCUT2D eigenvalue weighted by atomic mass is 9.82. The first kappa shape index (κ1) is 14.3. The van der Waals surface area contributed by atoms with Gasteiger partial charge in [0.2, 0.25) is 0 Å². The van der Waals surface area contributed by atoms with Gasteiger partial charge in [0.1, 0.15) is 0 Å². The van der Waals surface area contributed by atoms with E-state index >= 15 is 0 Å². The molecule has 3 heteroatoms. The van der Waals surface area contributed by atoms with Crippen LogP contribution in [0.15, 0.2) is 0 Å². The molecule has 1 saturated carbocycles. The first-order valence-electron chi connectivity index (χ1n) is 7.63. The predicted octanol–water partition coefficient (Wildman–Crippen LogP) is 2.90. The zero-order chi connectivity index (χ0) is 12.8. The fourth-order valence-electron chi connectivity index (χ4n) is 3.52. The molecule has 0 aromatic heterocycles. The van der Waals surface area contributed by atoms with E-state index in [9.17, 15) is 5.11 Å². The van der Waals surface area contributed by atoms with Crippen molar-refractivity contribution in [3.8, 4) is 0 Å². The summed E-state index contributed by atoms with van der Waals surface area (Å²) in [6, 6.07) is 0. The molecule has 2 fully saturated rings. The van der Waals surface area contributed by atoms with Crippen LogP contribution in [0.5, 0.6) is 0 Å². The Bertz CT molecular complexity index is 220. The van der Waals surface area contributed by atoms with Gasteiger partial charge in [0.15, 0.2) is 0 Å². The summed E-state index contributed by atoms with van der Waals surface area (Å²) in [6.07, 6.45) is 10.6. The van der Waals surface area contributed by atoms with E-state index in [1.54, 1.807) is 7.11 Å². The SMILES string of the molecule is COC(C(O)CCC1CCCO1)C1CCCCC1. The Morgan fingerprint density at radius 1 is 1.17 bits per heavy atom. The van der Waals surface area contributed by atoms with Gasteiger partial charge >= 0.3 is 0 Å². The van der Waals surface area contributed by atoms with Gasteiger partial charge < -0.3 is 14.6 Å². The van der Waals surface area contributed by atoms with Crippen molar-refractivity contribution in [1.29, 1.82) is 0 Å². The fourth-order valence-corrected chi connectivity index (χ4v) is 3.52. The molecule has 2 aliphatic rings. The highest BCUT2D eigenvalue weighted by molar-refractivity contribution is 4.81. The Hall–Kier alpha value is -0.120. The summed E-state index contributed by atoms with van der Waals surface area (Å²) < 4.78 is 11.2. The molecule has 1 aliphatic heterocycles. The molecule has 3 nitrogen and oxygen atoms in total. The van der Waals surface area contributed by atoms with Gasteiger partial charge in [0.05, 0.1) is 18.3 Å². The summed E-state index contributed by atoms with van der Waals surface area (Å²) >= 11 is 0. The van der Waals surface area contributed by atoms with Crippen LogP contribution in [0, 0.1) is 5.92 Å². The molecular weight excluding hydrogens is 228 g/mol. The van der Waals surface area contributed by atoms with Gasteiger partial charge in [0, 0.05) is 13.7 Å². The number of aliphatic hydroxyl groups excluding tert-OH is 1. The smallest absolute Gasteiger partial charge is 0.0858 e. The molecule has 0 aromatic rings. The summed E-state index contributed by atoms with van der Waals surface area (Å²) in [7, 11) is 1.74. The lowest BCUT2D eigenvalue weighted by Gasteiger charge is -2.32. The number of hydrogen-bond donors (Lipinski definition) is 1. The number of methoxy groups -OCH3 is 1. The molecule has 0 aromatic carbocycles. The summed E-state index contributed by atoms with van der Waals surface area (Å²) in [6.45, 7) is 0.900. The highest BCUT2D eigenvalue weighted by Gasteiger charge is 2.30. The lowest BCUT2D eigenvalue weighted by Crippen LogP contribution is -2.37. The molecule has 1 N–H and O–H groups in total. The normalized spacial score (nSPS) is 29.3. The van der Waals surface area contributed by atoms with Gasteiger partial charge in [-0.3, -0.25) is 0 Å². The number of rotatable bonds is 6. The average molecular weight is 256 g/mol. The van der Waals surface area contributed by atoms with Crippen molar-refractivity contribution in [3.05, 3.63) is 0 Å². The molecule has 1 heterocycles. The third kappa shape index (κ3) is 3.94. The van der Waals surface area contributed by atoms with E-state index in [-0.39, 0.29) is 12.2 Å². The van der Waals surface area contributed by atoms with Gasteiger partial charge in [-0.05, 0) is 44.4 Å². The molecule has 3 atom stereocenters. The Kier molecular flexibility index (Phi) is 5.93. The molecule has 106 valence electrons. The number of hydrogen-bond acceptors (Lipinski definition) is 3. The van der Waals surface area contributed by atoms with Crippen molar-refractivity contribution >= 4 is 0 Å². The second-order valence-electron chi connectivity index (χ2n) is 5.88. The van der Waals surface area contributed by atoms with Crippen molar-refractivity contribution < 1.29 is 14.6 Å². The molecule has 18 heavy (non-hydrogen) atoms. The van der Waals surface area contributed by atoms with E-state index in [1.807, 2.05) is 0 Å². The van der Waals surface area contributed by atoms with Gasteiger partial charge in [-0.1, -0.05) is 19.3 Å². The first-order chi connectivity index (χ1) is 8.81. The standard InChI is InChI=1S/C15H28O3/c1-17-15(12-6-3-2-4-7-12)14(16)10-9-13-8-5-11-18-13/h12-16H,2-11H2,1H3. The monoisotopic (exact) mass is 256 g/mol. The maximum atomic E-state index is 10.3. The van der Waals surface area contributed by atoms with Gasteiger partial charge in [-0.2, -0.15) is 0 Å². The van der Waals surface area contributed by atoms with Crippen LogP contribution in [0.2, 0.25) is 0 Å². The van der Waals surface area contributed by atoms with Crippen LogP contribution in [0.25, 0.3) is 0 Å². The van der Waals surface area contributed by atoms with Crippen molar-refractivity contribution in [1.82, 2.24) is 0 Å². The second kappa shape index (κ2) is 7.46. The maximum absolute atomic E-state index is 10.3. The summed E-state index contributed by atoms with van der Waals surface area (Å²) in [5, 5.41) is 10.3. The van der Waals surface area contributed by atoms with Crippen molar-refractivity contribution in [2.45, 2.75) is 76.1 Å². The summed E-state index contributed by atoms with van der Waals surface area (Å²) in [5.41, 5.74) is 0. The Morgan fingerprint density at radius 2 is 1.94 bits per heavy atom. The third-order valence-electron chi connectivity index (χ3n) is 4.57. The van der Waals surface area contributed by atoms with Gasteiger partial charge in [-0.25, -0.2) is 0 Å². The van der Waals surface area contributed by atoms with E-state index in [0.29, 0.717) is 12.0 Å². The molecule has 2 rings (SSSR count). The van der Waals surface area contributed by atoms with E-state index in [0.717, 1.165) is 25.9 Å². The van der Waals surface area contributed by atoms with Crippen LogP contribution in [-0.4, -0.2) is 37.1 Å². The molecule has 0 amide bonds. The largest absolute Gasteiger partial charge is 0.390 e. The number of aliphatic hydroxyl groups is 1. The van der Waals surface area contributed by atoms with Crippen LogP contribution >= 0.6 is 0 Å². The molecule has 1 saturated heterocycles. The van der Waals surface area contributed by atoms with Crippen LogP contribution < -0.4 is 0 Å². The first-order valence-corrected chi connectivity index (χ1v) is 7.63. The Balaban J connectivity index is 1.74. The minimum atomic E-state index is -0.317. The van der Waals surface area contributed by atoms with Crippen molar-refractivity contribution in [2.24, 2.45) is 5.92 Å². The maximum Gasteiger partial charge on any atom is 0.0858 e. The molecule has 0 radical (unpaired) electrons. The van der Waals surface area contributed by atoms with Crippen LogP contribution in [0.4, 0.5) is 0 Å². The average Bonchev–Trinajstić information content (AvgIpc) is 2.92. The molecular formula is C15H28O3. The van der Waals surface area contributed by atoms with Gasteiger partial charge in [0.25, 0.3) is 0 Å². The summed E-state index contributed by atoms with van der Waals surface area (Å²) in [5.74, 6) is 0.559. The second-order valence-corrected chi connectivity index (χ2v) is 5.88. The number of ether oxygens (including phenoxy) is 2. The molecule has 0 spiro atoms. The van der Waals surface area contributed by atoms with Crippen LogP contribution in [0.3, 0.4) is 0 Å². The van der Waals surface area contributed by atoms with Crippen molar-refractivity contribution in [3.63, 3.8) is 0 Å². The molecule has 0 bridgehead atoms. The Labute approximate surface area is 111 Å². The zero-order valence-electron chi connectivity index (χ0n) is 11.6. The van der Waals surface area contributed by atoms with Gasteiger partial charge in [-0.15, -0.1) is 0 Å². The molecule has 1 aliphatic carbocycles. The van der Waals surface area contributed by atoms with Crippen LogP contribution in [-0.2, 0) is 9.47 Å². The fraction of sp³-hybridized carbons (Fsp3) is 1.00. The third-order valence-corrected chi connectivity index (χ3v) is 4.57. The van der Waals surface area contributed by atoms with E-state index in [2.05, 4.69) is 0 Å². The highest BCUT2D eigenvalue weighted by atomic mass is 16.5. The van der Waals surface area contributed by atoms with E-state index in [4.69, 9.17) is 9.47 Å². The topological polar surface area (TPSA) is 38.7 Å². The zero-order valence-corrected chi connectivity index (χ0v) is 11.6. The minimum Gasteiger partial charge on any atom is -0.390 e. The minimum absolute atomic E-state index is 0.0340. The Morgan fingerprint density at radius 3 is 2.56 bits per heavy atom. The van der Waals surface area contributed by atoms with Crippen LogP contribution in [0.1, 0.15) is 57.8 Å². The predicted molar refractivity (Wildman–Crippen MR) is 71.6 cm³/mol. The van der Waals surface area contributed by atoms with Crippen molar-refractivity contribution in [2.75, 3.05) is 13.7 Å². The quantitative estimate of drug-likeness (QED) is 0.794. The summed E-state index contributed by atoms with van der Waals surface area (Å²) in [4.78, 5) is 0.